The van der Waals surface area contributed by atoms with Crippen molar-refractivity contribution in [2.24, 2.45) is 0 Å². The van der Waals surface area contributed by atoms with E-state index in [2.05, 4.69) is 29.4 Å². The number of nitrogens with zero attached hydrogens (tertiary/aromatic N) is 3. The normalized spacial score (nSPS) is 14.7. The van der Waals surface area contributed by atoms with Crippen LogP contribution in [0.3, 0.4) is 0 Å². The largest absolute Gasteiger partial charge is 0.379 e. The highest BCUT2D eigenvalue weighted by molar-refractivity contribution is 7.18. The summed E-state index contributed by atoms with van der Waals surface area (Å²) in [6, 6.07) is 5.99. The first kappa shape index (κ1) is 21.7. The smallest absolute Gasteiger partial charge is 0.243 e. The minimum Gasteiger partial charge on any atom is -0.379 e. The Labute approximate surface area is 186 Å². The summed E-state index contributed by atoms with van der Waals surface area (Å²) in [6.07, 6.45) is 0. The number of nitrogens with one attached hydrogen (secondary N) is 2. The van der Waals surface area contributed by atoms with Crippen molar-refractivity contribution in [2.75, 3.05) is 43.5 Å². The third-order valence-electron chi connectivity index (χ3n) is 5.71. The van der Waals surface area contributed by atoms with Gasteiger partial charge in [-0.1, -0.05) is 18.2 Å². The highest BCUT2D eigenvalue weighted by Gasteiger charge is 2.18. The number of ether oxygens (including phenoxy) is 1. The van der Waals surface area contributed by atoms with Crippen LogP contribution in [0.1, 0.15) is 27.4 Å². The van der Waals surface area contributed by atoms with Crippen LogP contribution in [0.2, 0.25) is 0 Å². The molecule has 0 radical (unpaired) electrons. The van der Waals surface area contributed by atoms with Crippen molar-refractivity contribution in [1.82, 2.24) is 14.9 Å². The number of para-hydroxylation sites is 1. The van der Waals surface area contributed by atoms with Gasteiger partial charge < -0.3 is 15.4 Å². The molecule has 2 aromatic heterocycles. The maximum absolute atomic E-state index is 12.7. The van der Waals surface area contributed by atoms with Gasteiger partial charge in [-0.25, -0.2) is 9.97 Å². The summed E-state index contributed by atoms with van der Waals surface area (Å²) in [4.78, 5) is 26.8. The molecule has 8 heteroatoms. The summed E-state index contributed by atoms with van der Waals surface area (Å²) in [5, 5.41) is 7.32. The van der Waals surface area contributed by atoms with Gasteiger partial charge in [0.2, 0.25) is 5.91 Å². The van der Waals surface area contributed by atoms with Crippen molar-refractivity contribution in [3.8, 4) is 0 Å². The molecule has 0 aliphatic carbocycles. The van der Waals surface area contributed by atoms with Crippen LogP contribution < -0.4 is 10.6 Å². The van der Waals surface area contributed by atoms with Crippen molar-refractivity contribution < 1.29 is 9.53 Å². The highest BCUT2D eigenvalue weighted by Crippen LogP contribution is 2.33. The van der Waals surface area contributed by atoms with Gasteiger partial charge in [-0.15, -0.1) is 11.3 Å². The van der Waals surface area contributed by atoms with Gasteiger partial charge in [0.05, 0.1) is 31.7 Å². The van der Waals surface area contributed by atoms with Gasteiger partial charge in [0.25, 0.3) is 0 Å². The zero-order chi connectivity index (χ0) is 22.0. The van der Waals surface area contributed by atoms with Crippen LogP contribution in [0.15, 0.2) is 18.2 Å². The van der Waals surface area contributed by atoms with E-state index in [1.54, 1.807) is 11.3 Å². The first-order valence-corrected chi connectivity index (χ1v) is 11.4. The monoisotopic (exact) mass is 439 g/mol. The number of hydrogen-bond donors (Lipinski definition) is 2. The van der Waals surface area contributed by atoms with Gasteiger partial charge in [0, 0.05) is 23.7 Å². The zero-order valence-electron chi connectivity index (χ0n) is 18.5. The van der Waals surface area contributed by atoms with Crippen molar-refractivity contribution >= 4 is 39.0 Å². The fourth-order valence-electron chi connectivity index (χ4n) is 3.81. The maximum Gasteiger partial charge on any atom is 0.243 e. The summed E-state index contributed by atoms with van der Waals surface area (Å²) < 4.78 is 5.44. The number of thiophene rings is 1. The fourth-order valence-corrected chi connectivity index (χ4v) is 4.86. The number of fused-ring (bicyclic) bond motifs is 1. The molecule has 0 saturated carbocycles. The molecule has 1 aromatic carbocycles. The Morgan fingerprint density at radius 2 is 1.84 bits per heavy atom. The minimum atomic E-state index is -0.0940. The second-order valence-electron chi connectivity index (χ2n) is 8.01. The SMILES string of the molecule is Cc1cccc(C)c1NC(=O)CNc1nc(CN2CCOCC2)nc2sc(C)c(C)c12. The lowest BCUT2D eigenvalue weighted by Crippen LogP contribution is -2.36. The maximum atomic E-state index is 12.7. The second-order valence-corrected chi connectivity index (χ2v) is 9.21. The van der Waals surface area contributed by atoms with Gasteiger partial charge in [-0.3, -0.25) is 9.69 Å². The molecule has 1 saturated heterocycles. The number of rotatable bonds is 6. The number of aromatic nitrogens is 2. The van der Waals surface area contributed by atoms with E-state index in [9.17, 15) is 4.79 Å². The Balaban J connectivity index is 1.54. The molecule has 1 fully saturated rings. The Hall–Kier alpha value is -2.55. The third kappa shape index (κ3) is 4.87. The third-order valence-corrected chi connectivity index (χ3v) is 6.81. The second kappa shape index (κ2) is 9.30. The Morgan fingerprint density at radius 3 is 2.55 bits per heavy atom. The first-order valence-electron chi connectivity index (χ1n) is 10.6. The molecule has 0 atom stereocenters. The molecule has 3 heterocycles. The Kier molecular flexibility index (Phi) is 6.50. The average molecular weight is 440 g/mol. The topological polar surface area (TPSA) is 79.4 Å². The Morgan fingerprint density at radius 1 is 1.13 bits per heavy atom. The van der Waals surface area contributed by atoms with Gasteiger partial charge in [0.1, 0.15) is 16.5 Å². The van der Waals surface area contributed by atoms with Crippen LogP contribution in [-0.4, -0.2) is 53.6 Å². The van der Waals surface area contributed by atoms with Gasteiger partial charge in [-0.05, 0) is 44.4 Å². The zero-order valence-corrected chi connectivity index (χ0v) is 19.4. The van der Waals surface area contributed by atoms with E-state index in [1.807, 2.05) is 32.0 Å². The molecular weight excluding hydrogens is 410 g/mol. The summed E-state index contributed by atoms with van der Waals surface area (Å²) in [6.45, 7) is 12.2. The highest BCUT2D eigenvalue weighted by atomic mass is 32.1. The lowest BCUT2D eigenvalue weighted by atomic mass is 10.1. The summed E-state index contributed by atoms with van der Waals surface area (Å²) >= 11 is 1.68. The van der Waals surface area contributed by atoms with Crippen molar-refractivity contribution in [2.45, 2.75) is 34.2 Å². The molecule has 0 unspecified atom stereocenters. The van der Waals surface area contributed by atoms with E-state index in [-0.39, 0.29) is 12.5 Å². The number of anilines is 2. The van der Waals surface area contributed by atoms with E-state index >= 15 is 0 Å². The summed E-state index contributed by atoms with van der Waals surface area (Å²) in [7, 11) is 0. The van der Waals surface area contributed by atoms with Crippen molar-refractivity contribution in [3.05, 3.63) is 45.6 Å². The molecule has 7 nitrogen and oxygen atoms in total. The fraction of sp³-hybridized carbons (Fsp3) is 0.435. The Bertz CT molecular complexity index is 1080. The van der Waals surface area contributed by atoms with Gasteiger partial charge in [0.15, 0.2) is 0 Å². The number of carbonyl (C=O) groups excluding carboxylic acids is 1. The minimum absolute atomic E-state index is 0.0940. The number of hydrogen-bond acceptors (Lipinski definition) is 7. The number of amides is 1. The molecule has 0 bridgehead atoms. The molecule has 31 heavy (non-hydrogen) atoms. The van der Waals surface area contributed by atoms with Crippen LogP contribution >= 0.6 is 11.3 Å². The number of morpholine rings is 1. The predicted octanol–water partition coefficient (Wildman–Crippen LogP) is 3.81. The summed E-state index contributed by atoms with van der Waals surface area (Å²) in [5.74, 6) is 1.41. The van der Waals surface area contributed by atoms with E-state index in [0.717, 1.165) is 70.5 Å². The lowest BCUT2D eigenvalue weighted by Gasteiger charge is -2.25. The number of carbonyl (C=O) groups is 1. The van der Waals surface area contributed by atoms with Crippen LogP contribution in [0.4, 0.5) is 11.5 Å². The van der Waals surface area contributed by atoms with Crippen LogP contribution in [0.25, 0.3) is 10.2 Å². The van der Waals surface area contributed by atoms with Crippen molar-refractivity contribution in [3.63, 3.8) is 0 Å². The molecule has 2 N–H and O–H groups in total. The molecule has 164 valence electrons. The molecule has 4 rings (SSSR count). The number of benzene rings is 1. The standard InChI is InChI=1S/C23H29N5O2S/c1-14-6-5-7-15(2)21(14)27-19(29)12-24-22-20-16(3)17(4)31-23(20)26-18(25-22)13-28-8-10-30-11-9-28/h5-7H,8-13H2,1-4H3,(H,27,29)(H,24,25,26). The molecular formula is C23H29N5O2S. The number of aryl methyl sites for hydroxylation is 4. The van der Waals surface area contributed by atoms with Crippen LogP contribution in [0, 0.1) is 27.7 Å². The molecule has 0 spiro atoms. The van der Waals surface area contributed by atoms with E-state index in [0.29, 0.717) is 6.54 Å². The van der Waals surface area contributed by atoms with E-state index in [1.165, 1.54) is 4.88 Å². The van der Waals surface area contributed by atoms with Crippen molar-refractivity contribution in [1.29, 1.82) is 0 Å². The lowest BCUT2D eigenvalue weighted by molar-refractivity contribution is -0.114. The van der Waals surface area contributed by atoms with E-state index in [4.69, 9.17) is 14.7 Å². The average Bonchev–Trinajstić information content (AvgIpc) is 3.03. The predicted molar refractivity (Wildman–Crippen MR) is 126 cm³/mol. The summed E-state index contributed by atoms with van der Waals surface area (Å²) in [5.41, 5.74) is 4.14. The van der Waals surface area contributed by atoms with Crippen LogP contribution in [-0.2, 0) is 16.1 Å². The molecule has 3 aromatic rings. The molecule has 1 amide bonds. The first-order chi connectivity index (χ1) is 14.9. The molecule has 1 aliphatic heterocycles. The van der Waals surface area contributed by atoms with Crippen LogP contribution in [0.5, 0.6) is 0 Å². The van der Waals surface area contributed by atoms with E-state index < -0.39 is 0 Å². The van der Waals surface area contributed by atoms with Gasteiger partial charge >= 0.3 is 0 Å². The molecule has 1 aliphatic rings. The van der Waals surface area contributed by atoms with Gasteiger partial charge in [-0.2, -0.15) is 0 Å². The quantitative estimate of drug-likeness (QED) is 0.608.